The minimum atomic E-state index is -1.39. The average Bonchev–Trinajstić information content (AvgIpc) is 3.06. The van der Waals surface area contributed by atoms with Gasteiger partial charge in [-0.15, -0.1) is 0 Å². The van der Waals surface area contributed by atoms with E-state index in [9.17, 15) is 24.6 Å². The van der Waals surface area contributed by atoms with Gasteiger partial charge in [-0.2, -0.15) is 0 Å². The van der Waals surface area contributed by atoms with Crippen LogP contribution in [-0.2, 0) is 20.7 Å². The largest absolute Gasteiger partial charge is 0.497 e. The number of nitrogens with one attached hydrogen (secondary N) is 1. The van der Waals surface area contributed by atoms with E-state index in [1.54, 1.807) is 24.3 Å². The maximum Gasteiger partial charge on any atom is 0.330 e. The molecule has 166 valence electrons. The number of carbonyl (C=O) groups excluding carboxylic acids is 1. The van der Waals surface area contributed by atoms with E-state index in [4.69, 9.17) is 14.2 Å². The van der Waals surface area contributed by atoms with Crippen LogP contribution < -0.4 is 16.0 Å². The molecule has 0 bridgehead atoms. The number of H-pyrrole nitrogens is 1. The van der Waals surface area contributed by atoms with Crippen molar-refractivity contribution in [3.63, 3.8) is 0 Å². The summed E-state index contributed by atoms with van der Waals surface area (Å²) in [5.74, 6) is -0.0344. The Morgan fingerprint density at radius 3 is 2.65 bits per heavy atom. The van der Waals surface area contributed by atoms with Crippen LogP contribution in [0, 0.1) is 0 Å². The van der Waals surface area contributed by atoms with E-state index in [2.05, 4.69) is 20.9 Å². The number of carbonyl (C=O) groups is 1. The van der Waals surface area contributed by atoms with Crippen LogP contribution in [0.1, 0.15) is 17.4 Å². The van der Waals surface area contributed by atoms with Crippen LogP contribution in [0.5, 0.6) is 5.75 Å². The van der Waals surface area contributed by atoms with Gasteiger partial charge < -0.3 is 24.4 Å². The zero-order valence-corrected chi connectivity index (χ0v) is 18.0. The molecule has 3 N–H and O–H groups in total. The molecular formula is C20H21BrN2O8. The molecule has 0 amide bonds. The molecule has 0 radical (unpaired) electrons. The van der Waals surface area contributed by atoms with E-state index < -0.39 is 48.4 Å². The fourth-order valence-electron chi connectivity index (χ4n) is 3.20. The molecule has 1 aliphatic heterocycles. The van der Waals surface area contributed by atoms with E-state index >= 15 is 0 Å². The topological polar surface area (TPSA) is 140 Å². The molecule has 10 nitrogen and oxygen atoms in total. The smallest absolute Gasteiger partial charge is 0.330 e. The van der Waals surface area contributed by atoms with Crippen molar-refractivity contribution < 1.29 is 29.2 Å². The van der Waals surface area contributed by atoms with E-state index in [0.29, 0.717) is 11.3 Å². The Kier molecular flexibility index (Phi) is 7.44. The lowest BCUT2D eigenvalue weighted by atomic mass is 10.1. The number of methoxy groups -OCH3 is 1. The minimum Gasteiger partial charge on any atom is -0.497 e. The summed E-state index contributed by atoms with van der Waals surface area (Å²) in [5.41, 5.74) is -0.656. The van der Waals surface area contributed by atoms with Crippen molar-refractivity contribution in [2.75, 3.05) is 13.7 Å². The van der Waals surface area contributed by atoms with Gasteiger partial charge in [0.1, 0.15) is 18.0 Å². The lowest BCUT2D eigenvalue weighted by Gasteiger charge is -2.22. The molecular weight excluding hydrogens is 476 g/mol. The van der Waals surface area contributed by atoms with Gasteiger partial charge >= 0.3 is 11.7 Å². The number of hydrogen-bond acceptors (Lipinski definition) is 8. The van der Waals surface area contributed by atoms with E-state index in [0.717, 1.165) is 4.57 Å². The van der Waals surface area contributed by atoms with Crippen molar-refractivity contribution in [3.05, 3.63) is 67.4 Å². The van der Waals surface area contributed by atoms with Crippen molar-refractivity contribution in [2.45, 2.75) is 31.0 Å². The van der Waals surface area contributed by atoms with Gasteiger partial charge in [-0.25, -0.2) is 4.79 Å². The molecule has 1 saturated heterocycles. The Labute approximate surface area is 184 Å². The van der Waals surface area contributed by atoms with E-state index in [-0.39, 0.29) is 12.0 Å². The first-order chi connectivity index (χ1) is 14.9. The molecule has 0 aliphatic carbocycles. The molecule has 1 aliphatic rings. The summed E-state index contributed by atoms with van der Waals surface area (Å²) >= 11 is 3.06. The predicted molar refractivity (Wildman–Crippen MR) is 113 cm³/mol. The maximum atomic E-state index is 12.5. The van der Waals surface area contributed by atoms with Gasteiger partial charge in [0.25, 0.3) is 5.56 Å². The third-order valence-electron chi connectivity index (χ3n) is 4.78. The zero-order valence-electron chi connectivity index (χ0n) is 16.4. The molecule has 4 atom stereocenters. The molecule has 3 rings (SSSR count). The third-order valence-corrected chi connectivity index (χ3v) is 5.04. The molecule has 1 fully saturated rings. The van der Waals surface area contributed by atoms with Crippen molar-refractivity contribution in [1.29, 1.82) is 0 Å². The highest BCUT2D eigenvalue weighted by Gasteiger charge is 2.47. The van der Waals surface area contributed by atoms with Crippen molar-refractivity contribution in [2.24, 2.45) is 0 Å². The summed E-state index contributed by atoms with van der Waals surface area (Å²) in [5, 5.41) is 20.0. The molecule has 31 heavy (non-hydrogen) atoms. The van der Waals surface area contributed by atoms with Gasteiger partial charge in [0.2, 0.25) is 0 Å². The molecule has 2 heterocycles. The van der Waals surface area contributed by atoms with E-state index in [1.807, 2.05) is 0 Å². The van der Waals surface area contributed by atoms with Crippen LogP contribution in [-0.4, -0.2) is 57.8 Å². The van der Waals surface area contributed by atoms with Gasteiger partial charge in [0.15, 0.2) is 12.3 Å². The summed E-state index contributed by atoms with van der Waals surface area (Å²) in [4.78, 5) is 40.4. The number of nitrogens with zero attached hydrogens (tertiary/aromatic N) is 1. The Morgan fingerprint density at radius 1 is 1.32 bits per heavy atom. The first-order valence-electron chi connectivity index (χ1n) is 9.27. The number of aliphatic hydroxyl groups is 2. The number of aliphatic hydroxyl groups excluding tert-OH is 2. The van der Waals surface area contributed by atoms with Gasteiger partial charge in [0, 0.05) is 6.20 Å². The van der Waals surface area contributed by atoms with Crippen LogP contribution in [0.2, 0.25) is 0 Å². The van der Waals surface area contributed by atoms with E-state index in [1.165, 1.54) is 24.4 Å². The zero-order chi connectivity index (χ0) is 22.5. The number of hydrogen-bond donors (Lipinski definition) is 3. The highest BCUT2D eigenvalue weighted by atomic mass is 79.9. The molecule has 0 unspecified atom stereocenters. The summed E-state index contributed by atoms with van der Waals surface area (Å²) in [6.45, 7) is -0.559. The second-order valence-corrected chi connectivity index (χ2v) is 7.29. The third kappa shape index (κ3) is 5.13. The Hall–Kier alpha value is -2.73. The fourth-order valence-corrected chi connectivity index (χ4v) is 3.48. The Bertz CT molecular complexity index is 1060. The summed E-state index contributed by atoms with van der Waals surface area (Å²) < 4.78 is 17.1. The molecule has 0 saturated carbocycles. The maximum absolute atomic E-state index is 12.5. The number of rotatable bonds is 7. The van der Waals surface area contributed by atoms with Gasteiger partial charge in [-0.1, -0.05) is 28.1 Å². The van der Waals surface area contributed by atoms with Crippen molar-refractivity contribution in [1.82, 2.24) is 9.55 Å². The molecule has 1 aromatic heterocycles. The van der Waals surface area contributed by atoms with Crippen LogP contribution >= 0.6 is 15.9 Å². The standard InChI is InChI=1S/C20H21BrN2O8/c1-29-13-4-2-11(3-5-13)8-15(25)31-17-16(26)14(10-24)30-19(17)23-9-12(6-7-21)18(27)22-20(23)28/h2-7,9,14,16-17,19,24,26H,8,10H2,1H3,(H,22,27,28)/b7-6+/t14-,16-,17+,19-/m1/s1. The normalized spacial score (nSPS) is 23.2. The number of esters is 1. The number of aromatic amines is 1. The summed E-state index contributed by atoms with van der Waals surface area (Å²) in [7, 11) is 1.53. The first-order valence-corrected chi connectivity index (χ1v) is 10.2. The quantitative estimate of drug-likeness (QED) is 0.465. The predicted octanol–water partition coefficient (Wildman–Crippen LogP) is 0.316. The Balaban J connectivity index is 1.86. The molecule has 1 aromatic carbocycles. The summed E-state index contributed by atoms with van der Waals surface area (Å²) in [6, 6.07) is 6.78. The molecule has 2 aromatic rings. The Morgan fingerprint density at radius 2 is 2.03 bits per heavy atom. The van der Waals surface area contributed by atoms with Gasteiger partial charge in [-0.3, -0.25) is 19.1 Å². The highest BCUT2D eigenvalue weighted by Crippen LogP contribution is 2.31. The lowest BCUT2D eigenvalue weighted by Crippen LogP contribution is -2.41. The van der Waals surface area contributed by atoms with Crippen LogP contribution in [0.4, 0.5) is 0 Å². The van der Waals surface area contributed by atoms with Crippen LogP contribution in [0.15, 0.2) is 45.0 Å². The summed E-state index contributed by atoms with van der Waals surface area (Å²) in [6.07, 6.45) is -2.47. The highest BCUT2D eigenvalue weighted by molar-refractivity contribution is 9.11. The van der Waals surface area contributed by atoms with Crippen LogP contribution in [0.3, 0.4) is 0 Å². The van der Waals surface area contributed by atoms with Crippen molar-refractivity contribution >= 4 is 28.0 Å². The van der Waals surface area contributed by atoms with Crippen molar-refractivity contribution in [3.8, 4) is 5.75 Å². The minimum absolute atomic E-state index is 0.0954. The lowest BCUT2D eigenvalue weighted by molar-refractivity contribution is -0.158. The number of aromatic nitrogens is 2. The number of halogens is 1. The van der Waals surface area contributed by atoms with Gasteiger partial charge in [0.05, 0.1) is 25.7 Å². The average molecular weight is 497 g/mol. The number of benzene rings is 1. The SMILES string of the molecule is COc1ccc(CC(=O)O[C@H]2[C@H](O)[C@@H](CO)O[C@H]2n2cc(/C=C/Br)c(=O)[nH]c2=O)cc1. The molecule has 0 spiro atoms. The first kappa shape index (κ1) is 22.9. The monoisotopic (exact) mass is 496 g/mol. The molecule has 11 heteroatoms. The van der Waals surface area contributed by atoms with Gasteiger partial charge in [-0.05, 0) is 28.8 Å². The number of ether oxygens (including phenoxy) is 3. The second kappa shape index (κ2) is 10.1. The fraction of sp³-hybridized carbons (Fsp3) is 0.350. The van der Waals surface area contributed by atoms with Crippen LogP contribution in [0.25, 0.3) is 6.08 Å². The second-order valence-electron chi connectivity index (χ2n) is 6.76.